The number of rotatable bonds is 4. The quantitative estimate of drug-likeness (QED) is 0.851. The van der Waals surface area contributed by atoms with Crippen molar-refractivity contribution in [2.75, 3.05) is 5.32 Å². The Labute approximate surface area is 100 Å². The molecule has 0 radical (unpaired) electrons. The van der Waals surface area contributed by atoms with Crippen molar-refractivity contribution < 1.29 is 4.79 Å². The fraction of sp³-hybridized carbons (Fsp3) is 0.455. The van der Waals surface area contributed by atoms with Crippen LogP contribution in [0.2, 0.25) is 5.02 Å². The summed E-state index contributed by atoms with van der Waals surface area (Å²) in [4.78, 5) is 15.5. The fourth-order valence-electron chi connectivity index (χ4n) is 1.28. The van der Waals surface area contributed by atoms with Crippen LogP contribution < -0.4 is 10.6 Å². The first-order valence-electron chi connectivity index (χ1n) is 5.34. The summed E-state index contributed by atoms with van der Waals surface area (Å²) in [5.74, 6) is 0.493. The van der Waals surface area contributed by atoms with E-state index in [1.807, 2.05) is 13.8 Å². The molecule has 1 rings (SSSR count). The van der Waals surface area contributed by atoms with E-state index in [1.54, 1.807) is 12.1 Å². The molecule has 0 atom stereocenters. The van der Waals surface area contributed by atoms with Crippen molar-refractivity contribution >= 4 is 23.4 Å². The van der Waals surface area contributed by atoms with Crippen LogP contribution in [0.5, 0.6) is 0 Å². The predicted octanol–water partition coefficient (Wildman–Crippen LogP) is 3.05. The lowest BCUT2D eigenvalue weighted by Gasteiger charge is -2.14. The van der Waals surface area contributed by atoms with E-state index in [9.17, 15) is 4.79 Å². The van der Waals surface area contributed by atoms with E-state index in [1.165, 1.54) is 6.20 Å². The first-order chi connectivity index (χ1) is 7.65. The highest BCUT2D eigenvalue weighted by Crippen LogP contribution is 2.09. The highest BCUT2D eigenvalue weighted by atomic mass is 35.5. The SMILES string of the molecule is CCC(CC)NC(=O)Nc1ccc(Cl)cn1. The van der Waals surface area contributed by atoms with Gasteiger partial charge in [-0.05, 0) is 25.0 Å². The van der Waals surface area contributed by atoms with E-state index in [-0.39, 0.29) is 12.1 Å². The summed E-state index contributed by atoms with van der Waals surface area (Å²) in [6, 6.07) is 3.31. The molecular formula is C11H16ClN3O. The first-order valence-corrected chi connectivity index (χ1v) is 5.72. The third kappa shape index (κ3) is 4.06. The van der Waals surface area contributed by atoms with Gasteiger partial charge in [0.1, 0.15) is 5.82 Å². The standard InChI is InChI=1S/C11H16ClN3O/c1-3-9(4-2)14-11(16)15-10-6-5-8(12)7-13-10/h5-7,9H,3-4H2,1-2H3,(H2,13,14,15,16). The maximum absolute atomic E-state index is 11.5. The molecule has 0 spiro atoms. The number of pyridine rings is 1. The van der Waals surface area contributed by atoms with Crippen LogP contribution in [-0.2, 0) is 0 Å². The number of amides is 2. The minimum atomic E-state index is -0.233. The summed E-state index contributed by atoms with van der Waals surface area (Å²) in [6.07, 6.45) is 3.32. The number of urea groups is 1. The molecule has 0 bridgehead atoms. The van der Waals surface area contributed by atoms with Crippen molar-refractivity contribution in [2.24, 2.45) is 0 Å². The molecule has 0 unspecified atom stereocenters. The number of halogens is 1. The number of hydrogen-bond acceptors (Lipinski definition) is 2. The second-order valence-electron chi connectivity index (χ2n) is 3.47. The monoisotopic (exact) mass is 241 g/mol. The van der Waals surface area contributed by atoms with Crippen LogP contribution in [-0.4, -0.2) is 17.1 Å². The summed E-state index contributed by atoms with van der Waals surface area (Å²) in [6.45, 7) is 4.07. The van der Waals surface area contributed by atoms with Crippen LogP contribution >= 0.6 is 11.6 Å². The summed E-state index contributed by atoms with van der Waals surface area (Å²) in [7, 11) is 0. The van der Waals surface area contributed by atoms with Crippen LogP contribution in [0.1, 0.15) is 26.7 Å². The van der Waals surface area contributed by atoms with Gasteiger partial charge in [-0.1, -0.05) is 25.4 Å². The molecule has 2 amide bonds. The summed E-state index contributed by atoms with van der Waals surface area (Å²) in [5.41, 5.74) is 0. The molecule has 1 aromatic rings. The zero-order chi connectivity index (χ0) is 12.0. The van der Waals surface area contributed by atoms with Crippen LogP contribution in [0.25, 0.3) is 0 Å². The molecule has 16 heavy (non-hydrogen) atoms. The van der Waals surface area contributed by atoms with Gasteiger partial charge in [-0.15, -0.1) is 0 Å². The number of aromatic nitrogens is 1. The van der Waals surface area contributed by atoms with E-state index in [2.05, 4.69) is 15.6 Å². The third-order valence-corrected chi connectivity index (χ3v) is 2.51. The molecule has 0 saturated heterocycles. The second kappa shape index (κ2) is 6.33. The Hall–Kier alpha value is -1.29. The molecule has 0 aliphatic carbocycles. The normalized spacial score (nSPS) is 10.2. The average molecular weight is 242 g/mol. The van der Waals surface area contributed by atoms with Gasteiger partial charge < -0.3 is 5.32 Å². The Morgan fingerprint density at radius 1 is 1.44 bits per heavy atom. The van der Waals surface area contributed by atoms with Gasteiger partial charge in [0.2, 0.25) is 0 Å². The zero-order valence-electron chi connectivity index (χ0n) is 9.46. The smallest absolute Gasteiger partial charge is 0.320 e. The average Bonchev–Trinajstić information content (AvgIpc) is 2.29. The number of carbonyl (C=O) groups excluding carboxylic acids is 1. The first kappa shape index (κ1) is 12.8. The minimum Gasteiger partial charge on any atom is -0.335 e. The largest absolute Gasteiger partial charge is 0.335 e. The van der Waals surface area contributed by atoms with Crippen LogP contribution in [0.4, 0.5) is 10.6 Å². The summed E-state index contributed by atoms with van der Waals surface area (Å²) in [5, 5.41) is 6.05. The molecule has 4 nitrogen and oxygen atoms in total. The summed E-state index contributed by atoms with van der Waals surface area (Å²) < 4.78 is 0. The van der Waals surface area contributed by atoms with E-state index in [4.69, 9.17) is 11.6 Å². The van der Waals surface area contributed by atoms with E-state index < -0.39 is 0 Å². The highest BCUT2D eigenvalue weighted by molar-refractivity contribution is 6.30. The molecule has 5 heteroatoms. The van der Waals surface area contributed by atoms with Crippen molar-refractivity contribution in [2.45, 2.75) is 32.7 Å². The second-order valence-corrected chi connectivity index (χ2v) is 3.91. The van der Waals surface area contributed by atoms with Gasteiger partial charge in [0.05, 0.1) is 5.02 Å². The Bertz CT molecular complexity index is 336. The van der Waals surface area contributed by atoms with E-state index in [0.29, 0.717) is 10.8 Å². The third-order valence-electron chi connectivity index (χ3n) is 2.29. The van der Waals surface area contributed by atoms with Gasteiger partial charge in [-0.2, -0.15) is 0 Å². The van der Waals surface area contributed by atoms with Crippen molar-refractivity contribution in [3.05, 3.63) is 23.4 Å². The molecule has 1 heterocycles. The zero-order valence-corrected chi connectivity index (χ0v) is 10.2. The molecule has 0 saturated carbocycles. The minimum absolute atomic E-state index is 0.201. The molecule has 0 fully saturated rings. The molecule has 0 aromatic carbocycles. The van der Waals surface area contributed by atoms with E-state index in [0.717, 1.165) is 12.8 Å². The van der Waals surface area contributed by atoms with Crippen LogP contribution in [0.15, 0.2) is 18.3 Å². The number of nitrogens with zero attached hydrogens (tertiary/aromatic N) is 1. The lowest BCUT2D eigenvalue weighted by atomic mass is 10.2. The number of hydrogen-bond donors (Lipinski definition) is 2. The predicted molar refractivity (Wildman–Crippen MR) is 65.8 cm³/mol. The topological polar surface area (TPSA) is 54.0 Å². The van der Waals surface area contributed by atoms with Gasteiger partial charge in [0.25, 0.3) is 0 Å². The van der Waals surface area contributed by atoms with Gasteiger partial charge in [0.15, 0.2) is 0 Å². The number of carbonyl (C=O) groups is 1. The van der Waals surface area contributed by atoms with Gasteiger partial charge >= 0.3 is 6.03 Å². The molecule has 0 aliphatic heterocycles. The highest BCUT2D eigenvalue weighted by Gasteiger charge is 2.08. The number of nitrogens with one attached hydrogen (secondary N) is 2. The summed E-state index contributed by atoms with van der Waals surface area (Å²) >= 11 is 5.69. The van der Waals surface area contributed by atoms with Gasteiger partial charge in [-0.25, -0.2) is 9.78 Å². The Morgan fingerprint density at radius 2 is 2.12 bits per heavy atom. The number of anilines is 1. The molecule has 88 valence electrons. The maximum atomic E-state index is 11.5. The fourth-order valence-corrected chi connectivity index (χ4v) is 1.39. The lowest BCUT2D eigenvalue weighted by Crippen LogP contribution is -2.37. The molecule has 1 aromatic heterocycles. The Balaban J connectivity index is 2.48. The van der Waals surface area contributed by atoms with Crippen LogP contribution in [0, 0.1) is 0 Å². The Kier molecular flexibility index (Phi) is 5.05. The maximum Gasteiger partial charge on any atom is 0.320 e. The van der Waals surface area contributed by atoms with Gasteiger partial charge in [0, 0.05) is 12.2 Å². The van der Waals surface area contributed by atoms with Crippen LogP contribution in [0.3, 0.4) is 0 Å². The molecular weight excluding hydrogens is 226 g/mol. The van der Waals surface area contributed by atoms with E-state index >= 15 is 0 Å². The molecule has 2 N–H and O–H groups in total. The van der Waals surface area contributed by atoms with Crippen molar-refractivity contribution in [1.29, 1.82) is 0 Å². The Morgan fingerprint density at radius 3 is 2.62 bits per heavy atom. The lowest BCUT2D eigenvalue weighted by molar-refractivity contribution is 0.247. The van der Waals surface area contributed by atoms with Crippen molar-refractivity contribution in [3.63, 3.8) is 0 Å². The van der Waals surface area contributed by atoms with Gasteiger partial charge in [-0.3, -0.25) is 5.32 Å². The van der Waals surface area contributed by atoms with Crippen molar-refractivity contribution in [1.82, 2.24) is 10.3 Å². The van der Waals surface area contributed by atoms with Crippen molar-refractivity contribution in [3.8, 4) is 0 Å². The molecule has 0 aliphatic rings.